The van der Waals surface area contributed by atoms with Crippen molar-refractivity contribution in [2.45, 2.75) is 83.5 Å². The van der Waals surface area contributed by atoms with Gasteiger partial charge in [-0.2, -0.15) is 0 Å². The van der Waals surface area contributed by atoms with E-state index in [1.807, 2.05) is 27.7 Å². The third-order valence-corrected chi connectivity index (χ3v) is 8.19. The molecule has 170 valence electrons. The van der Waals surface area contributed by atoms with Gasteiger partial charge in [-0.05, 0) is 63.2 Å². The molecule has 2 heterocycles. The van der Waals surface area contributed by atoms with Crippen molar-refractivity contribution in [1.82, 2.24) is 4.90 Å². The lowest BCUT2D eigenvalue weighted by molar-refractivity contribution is -0.158. The molecule has 6 rings (SSSR count). The fourth-order valence-electron chi connectivity index (χ4n) is 7.43. The third kappa shape index (κ3) is 2.84. The number of hydrogen-bond donors (Lipinski definition) is 1. The number of rotatable bonds is 3. The molecule has 1 saturated heterocycles. The number of aliphatic imine (C=N–C) groups is 1. The van der Waals surface area contributed by atoms with Crippen molar-refractivity contribution in [3.63, 3.8) is 0 Å². The molecule has 4 bridgehead atoms. The zero-order valence-electron chi connectivity index (χ0n) is 19.2. The molecule has 6 aliphatic rings. The number of aliphatic hydroxyl groups excluding tert-OH is 1. The van der Waals surface area contributed by atoms with E-state index in [1.54, 1.807) is 0 Å². The Morgan fingerprint density at radius 3 is 2.19 bits per heavy atom. The number of methoxy groups -OCH3 is 1. The van der Waals surface area contributed by atoms with Crippen LogP contribution >= 0.6 is 0 Å². The normalized spacial score (nSPS) is 41.9. The van der Waals surface area contributed by atoms with E-state index in [9.17, 15) is 14.7 Å². The molecule has 4 saturated carbocycles. The lowest BCUT2D eigenvalue weighted by Crippen LogP contribution is -2.56. The van der Waals surface area contributed by atoms with Gasteiger partial charge in [0, 0.05) is 11.1 Å². The van der Waals surface area contributed by atoms with E-state index in [2.05, 4.69) is 0 Å². The molecule has 0 unspecified atom stereocenters. The Labute approximate surface area is 183 Å². The van der Waals surface area contributed by atoms with Gasteiger partial charge in [-0.3, -0.25) is 14.7 Å². The van der Waals surface area contributed by atoms with Gasteiger partial charge in [-0.25, -0.2) is 4.79 Å². The Hall–Kier alpha value is -1.89. The highest BCUT2D eigenvalue weighted by molar-refractivity contribution is 6.25. The van der Waals surface area contributed by atoms with Crippen molar-refractivity contribution in [3.8, 4) is 0 Å². The van der Waals surface area contributed by atoms with E-state index in [1.165, 1.54) is 31.3 Å². The Kier molecular flexibility index (Phi) is 4.44. The number of carbonyl (C=O) groups is 2. The first-order chi connectivity index (χ1) is 14.5. The summed E-state index contributed by atoms with van der Waals surface area (Å²) in [5.74, 6) is 0.838. The molecule has 1 N–H and O–H groups in total. The van der Waals surface area contributed by atoms with Gasteiger partial charge in [-0.1, -0.05) is 20.8 Å². The van der Waals surface area contributed by atoms with Crippen LogP contribution in [0, 0.1) is 23.2 Å². The van der Waals surface area contributed by atoms with Crippen molar-refractivity contribution < 1.29 is 24.2 Å². The van der Waals surface area contributed by atoms with Crippen molar-refractivity contribution in [3.05, 3.63) is 11.3 Å². The molecule has 7 nitrogen and oxygen atoms in total. The summed E-state index contributed by atoms with van der Waals surface area (Å²) in [6.07, 6.45) is 6.49. The van der Waals surface area contributed by atoms with Crippen LogP contribution in [-0.4, -0.2) is 58.6 Å². The number of hydrogen-bond acceptors (Lipinski definition) is 6. The zero-order chi connectivity index (χ0) is 22.3. The number of amides is 1. The van der Waals surface area contributed by atoms with Crippen molar-refractivity contribution in [2.24, 2.45) is 28.2 Å². The quantitative estimate of drug-likeness (QED) is 0.548. The monoisotopic (exact) mass is 430 g/mol. The molecule has 2 aliphatic heterocycles. The fourth-order valence-corrected chi connectivity index (χ4v) is 7.43. The number of nitrogens with zero attached hydrogens (tertiary/aromatic N) is 2. The van der Waals surface area contributed by atoms with Crippen LogP contribution in [0.3, 0.4) is 0 Å². The van der Waals surface area contributed by atoms with Crippen molar-refractivity contribution >= 4 is 17.6 Å². The molecule has 0 aromatic rings. The maximum Gasteiger partial charge on any atom is 0.342 e. The second-order valence-electron chi connectivity index (χ2n) is 11.6. The molecule has 0 aromatic heterocycles. The van der Waals surface area contributed by atoms with Crippen LogP contribution in [-0.2, 0) is 19.1 Å². The molecule has 0 radical (unpaired) electrons. The molecule has 4 aliphatic carbocycles. The SMILES string of the molecule is COC(=O)[C@@]12CO[C@@H](C(C)(C)C)N1C(=O)C(C(C)=NC13CC4CC(CC(C4)C1)C3)=C2O. The summed E-state index contributed by atoms with van der Waals surface area (Å²) < 4.78 is 10.9. The summed E-state index contributed by atoms with van der Waals surface area (Å²) in [6, 6.07) is 0. The second kappa shape index (κ2) is 6.56. The first kappa shape index (κ1) is 21.0. The van der Waals surface area contributed by atoms with E-state index >= 15 is 0 Å². The van der Waals surface area contributed by atoms with Gasteiger partial charge in [0.25, 0.3) is 5.91 Å². The van der Waals surface area contributed by atoms with Crippen LogP contribution in [0.2, 0.25) is 0 Å². The summed E-state index contributed by atoms with van der Waals surface area (Å²) >= 11 is 0. The number of esters is 1. The lowest BCUT2D eigenvalue weighted by Gasteiger charge is -2.55. The highest BCUT2D eigenvalue weighted by Crippen LogP contribution is 2.57. The van der Waals surface area contributed by atoms with Gasteiger partial charge >= 0.3 is 5.97 Å². The zero-order valence-corrected chi connectivity index (χ0v) is 19.2. The maximum atomic E-state index is 13.6. The highest BCUT2D eigenvalue weighted by atomic mass is 16.6. The predicted octanol–water partition coefficient (Wildman–Crippen LogP) is 3.38. The average molecular weight is 431 g/mol. The molecule has 0 spiro atoms. The molecule has 7 heteroatoms. The van der Waals surface area contributed by atoms with E-state index in [4.69, 9.17) is 14.5 Å². The van der Waals surface area contributed by atoms with Crippen LogP contribution < -0.4 is 0 Å². The van der Waals surface area contributed by atoms with Crippen LogP contribution in [0.1, 0.15) is 66.2 Å². The number of fused-ring (bicyclic) bond motifs is 1. The molecular weight excluding hydrogens is 396 g/mol. The topological polar surface area (TPSA) is 88.4 Å². The second-order valence-corrected chi connectivity index (χ2v) is 11.6. The summed E-state index contributed by atoms with van der Waals surface area (Å²) in [7, 11) is 1.27. The van der Waals surface area contributed by atoms with E-state index in [0.29, 0.717) is 5.71 Å². The number of aliphatic hydroxyl groups is 1. The smallest absolute Gasteiger partial charge is 0.342 e. The number of carbonyl (C=O) groups excluding carboxylic acids is 2. The fraction of sp³-hybridized carbons (Fsp3) is 0.792. The lowest BCUT2D eigenvalue weighted by atomic mass is 9.53. The minimum Gasteiger partial charge on any atom is -0.508 e. The van der Waals surface area contributed by atoms with E-state index < -0.39 is 29.1 Å². The van der Waals surface area contributed by atoms with Crippen LogP contribution in [0.4, 0.5) is 0 Å². The van der Waals surface area contributed by atoms with Gasteiger partial charge in [0.2, 0.25) is 5.54 Å². The van der Waals surface area contributed by atoms with Crippen molar-refractivity contribution in [1.29, 1.82) is 0 Å². The molecule has 31 heavy (non-hydrogen) atoms. The summed E-state index contributed by atoms with van der Waals surface area (Å²) in [5.41, 5.74) is -1.50. The standard InChI is InChI=1S/C24H34N2O5/c1-13(25-23-9-14-6-15(10-23)8-16(7-14)11-23)17-18(27)24(21(29)30-5)12-31-20(22(2,3)4)26(24)19(17)28/h14-16,20,27H,6-12H2,1-5H3/t14?,15?,16?,20-,23?,24-/m0/s1. The number of ether oxygens (including phenoxy) is 2. The third-order valence-electron chi connectivity index (χ3n) is 8.19. The van der Waals surface area contributed by atoms with E-state index in [-0.39, 0.29) is 23.5 Å². The molecule has 0 aromatic carbocycles. The minimum absolute atomic E-state index is 0.118. The van der Waals surface area contributed by atoms with Crippen LogP contribution in [0.25, 0.3) is 0 Å². The Balaban J connectivity index is 1.56. The van der Waals surface area contributed by atoms with Crippen LogP contribution in [0.5, 0.6) is 0 Å². The first-order valence-electron chi connectivity index (χ1n) is 11.5. The average Bonchev–Trinajstić information content (AvgIpc) is 3.16. The summed E-state index contributed by atoms with van der Waals surface area (Å²) in [5, 5.41) is 11.3. The Morgan fingerprint density at radius 1 is 1.16 bits per heavy atom. The van der Waals surface area contributed by atoms with Gasteiger partial charge in [0.1, 0.15) is 17.6 Å². The van der Waals surface area contributed by atoms with Gasteiger partial charge < -0.3 is 14.6 Å². The Morgan fingerprint density at radius 2 is 1.71 bits per heavy atom. The molecule has 1 amide bonds. The largest absolute Gasteiger partial charge is 0.508 e. The molecule has 5 fully saturated rings. The summed E-state index contributed by atoms with van der Waals surface area (Å²) in [4.78, 5) is 33.1. The maximum absolute atomic E-state index is 13.6. The Bertz CT molecular complexity index is 863. The summed E-state index contributed by atoms with van der Waals surface area (Å²) in [6.45, 7) is 7.53. The van der Waals surface area contributed by atoms with Gasteiger partial charge in [0.15, 0.2) is 0 Å². The highest BCUT2D eigenvalue weighted by Gasteiger charge is 2.67. The first-order valence-corrected chi connectivity index (χ1v) is 11.5. The van der Waals surface area contributed by atoms with Crippen molar-refractivity contribution in [2.75, 3.05) is 13.7 Å². The predicted molar refractivity (Wildman–Crippen MR) is 114 cm³/mol. The van der Waals surface area contributed by atoms with Crippen LogP contribution in [0.15, 0.2) is 16.3 Å². The molecular formula is C24H34N2O5. The molecule has 2 atom stereocenters. The van der Waals surface area contributed by atoms with Gasteiger partial charge in [0.05, 0.1) is 19.3 Å². The van der Waals surface area contributed by atoms with Gasteiger partial charge in [-0.15, -0.1) is 0 Å². The van der Waals surface area contributed by atoms with E-state index in [0.717, 1.165) is 37.0 Å². The minimum atomic E-state index is -1.63.